The molecule has 1 amide bonds. The van der Waals surface area contributed by atoms with Crippen LogP contribution in [0.5, 0.6) is 11.5 Å². The van der Waals surface area contributed by atoms with Crippen LogP contribution in [0.4, 0.5) is 0 Å². The summed E-state index contributed by atoms with van der Waals surface area (Å²) >= 11 is 1.30. The highest BCUT2D eigenvalue weighted by molar-refractivity contribution is 7.16. The van der Waals surface area contributed by atoms with Crippen LogP contribution in [0.3, 0.4) is 0 Å². The summed E-state index contributed by atoms with van der Waals surface area (Å²) in [6.07, 6.45) is 5.00. The van der Waals surface area contributed by atoms with Gasteiger partial charge in [-0.05, 0) is 25.0 Å². The number of rotatable bonds is 11. The zero-order valence-electron chi connectivity index (χ0n) is 15.5. The second-order valence-electron chi connectivity index (χ2n) is 5.91. The number of nitrogens with one attached hydrogen (secondary N) is 1. The molecule has 1 heterocycles. The molecular weight excluding hydrogens is 368 g/mol. The molecule has 0 aliphatic heterocycles. The maximum absolute atomic E-state index is 12.3. The average Bonchev–Trinajstić information content (AvgIpc) is 3.16. The topological polar surface area (TPSA) is 97.8 Å². The van der Waals surface area contributed by atoms with Gasteiger partial charge < -0.3 is 19.9 Å². The molecule has 2 N–H and O–H groups in total. The third-order valence-corrected chi connectivity index (χ3v) is 5.00. The van der Waals surface area contributed by atoms with E-state index in [1.165, 1.54) is 11.3 Å². The Balaban J connectivity index is 1.86. The summed E-state index contributed by atoms with van der Waals surface area (Å²) in [5.74, 6) is 0.403. The molecule has 7 nitrogen and oxygen atoms in total. The first-order valence-corrected chi connectivity index (χ1v) is 9.55. The van der Waals surface area contributed by atoms with E-state index in [1.807, 2.05) is 12.1 Å². The highest BCUT2D eigenvalue weighted by Crippen LogP contribution is 2.35. The summed E-state index contributed by atoms with van der Waals surface area (Å²) in [6, 6.07) is 5.46. The number of hydrogen-bond donors (Lipinski definition) is 2. The maximum Gasteiger partial charge on any atom is 0.303 e. The zero-order valence-corrected chi connectivity index (χ0v) is 16.3. The van der Waals surface area contributed by atoms with Gasteiger partial charge in [0.25, 0.3) is 5.91 Å². The highest BCUT2D eigenvalue weighted by Gasteiger charge is 2.15. The van der Waals surface area contributed by atoms with E-state index in [4.69, 9.17) is 14.6 Å². The molecule has 0 spiro atoms. The van der Waals surface area contributed by atoms with Gasteiger partial charge >= 0.3 is 5.97 Å². The Labute approximate surface area is 162 Å². The van der Waals surface area contributed by atoms with Gasteiger partial charge in [0.15, 0.2) is 0 Å². The number of benzene rings is 1. The Bertz CT molecular complexity index is 775. The number of nitrogens with zero attached hydrogens (tertiary/aromatic N) is 1. The number of aliphatic carboxylic acids is 1. The second kappa shape index (κ2) is 10.5. The van der Waals surface area contributed by atoms with E-state index in [0.29, 0.717) is 34.3 Å². The molecule has 0 aliphatic carbocycles. The molecule has 27 heavy (non-hydrogen) atoms. The van der Waals surface area contributed by atoms with E-state index < -0.39 is 5.97 Å². The third kappa shape index (κ3) is 6.25. The molecule has 0 saturated carbocycles. The first-order chi connectivity index (χ1) is 13.0. The lowest BCUT2D eigenvalue weighted by Crippen LogP contribution is -2.23. The largest absolute Gasteiger partial charge is 0.497 e. The van der Waals surface area contributed by atoms with Crippen molar-refractivity contribution >= 4 is 23.2 Å². The van der Waals surface area contributed by atoms with E-state index >= 15 is 0 Å². The van der Waals surface area contributed by atoms with Gasteiger partial charge in [-0.1, -0.05) is 12.8 Å². The van der Waals surface area contributed by atoms with Crippen molar-refractivity contribution in [2.75, 3.05) is 20.8 Å². The molecule has 2 aromatic rings. The third-order valence-electron chi connectivity index (χ3n) is 3.97. The summed E-state index contributed by atoms with van der Waals surface area (Å²) < 4.78 is 10.6. The van der Waals surface area contributed by atoms with Crippen molar-refractivity contribution in [3.8, 4) is 22.1 Å². The van der Waals surface area contributed by atoms with Gasteiger partial charge in [-0.15, -0.1) is 11.3 Å². The minimum absolute atomic E-state index is 0.156. The molecule has 146 valence electrons. The van der Waals surface area contributed by atoms with Crippen LogP contribution < -0.4 is 14.8 Å². The van der Waals surface area contributed by atoms with E-state index in [-0.39, 0.29) is 12.3 Å². The van der Waals surface area contributed by atoms with Crippen LogP contribution in [0.15, 0.2) is 24.4 Å². The highest BCUT2D eigenvalue weighted by atomic mass is 32.1. The minimum atomic E-state index is -0.766. The number of thiazole rings is 1. The summed E-state index contributed by atoms with van der Waals surface area (Å²) in [6.45, 7) is 0.561. The first kappa shape index (κ1) is 20.7. The number of methoxy groups -OCH3 is 2. The zero-order chi connectivity index (χ0) is 19.6. The van der Waals surface area contributed by atoms with Gasteiger partial charge in [0.1, 0.15) is 21.4 Å². The first-order valence-electron chi connectivity index (χ1n) is 8.73. The van der Waals surface area contributed by atoms with Crippen LogP contribution in [0.25, 0.3) is 10.6 Å². The van der Waals surface area contributed by atoms with Gasteiger partial charge in [0.05, 0.1) is 26.0 Å². The molecule has 0 saturated heterocycles. The number of aromatic nitrogens is 1. The fraction of sp³-hybridized carbons (Fsp3) is 0.421. The molecule has 0 atom stereocenters. The molecule has 2 rings (SSSR count). The van der Waals surface area contributed by atoms with Crippen molar-refractivity contribution in [2.45, 2.75) is 32.1 Å². The lowest BCUT2D eigenvalue weighted by Gasteiger charge is -2.08. The van der Waals surface area contributed by atoms with Crippen LogP contribution in [0.1, 0.15) is 41.8 Å². The molecule has 1 aromatic carbocycles. The number of carbonyl (C=O) groups is 2. The molecule has 0 bridgehead atoms. The van der Waals surface area contributed by atoms with Gasteiger partial charge in [0, 0.05) is 19.0 Å². The lowest BCUT2D eigenvalue weighted by atomic mass is 10.1. The van der Waals surface area contributed by atoms with Crippen molar-refractivity contribution in [1.29, 1.82) is 0 Å². The van der Waals surface area contributed by atoms with Crippen LogP contribution in [0.2, 0.25) is 0 Å². The van der Waals surface area contributed by atoms with Crippen LogP contribution in [0, 0.1) is 0 Å². The Morgan fingerprint density at radius 2 is 1.93 bits per heavy atom. The monoisotopic (exact) mass is 392 g/mol. The number of carbonyl (C=O) groups excluding carboxylic acids is 1. The number of carboxylic acids is 1. The van der Waals surface area contributed by atoms with E-state index in [0.717, 1.165) is 24.8 Å². The standard InChI is InChI=1S/C19H24N2O5S/c1-25-13-8-9-14(15(11-13)26-2)19-21-12-16(27-19)18(24)20-10-6-4-3-5-7-17(22)23/h8-9,11-12H,3-7,10H2,1-2H3,(H,20,24)(H,22,23). The van der Waals surface area contributed by atoms with Crippen molar-refractivity contribution in [3.05, 3.63) is 29.3 Å². The molecule has 0 unspecified atom stereocenters. The normalized spacial score (nSPS) is 10.4. The predicted molar refractivity (Wildman–Crippen MR) is 104 cm³/mol. The van der Waals surface area contributed by atoms with E-state index in [1.54, 1.807) is 26.5 Å². The van der Waals surface area contributed by atoms with Crippen molar-refractivity contribution in [1.82, 2.24) is 10.3 Å². The quantitative estimate of drug-likeness (QED) is 0.567. The lowest BCUT2D eigenvalue weighted by molar-refractivity contribution is -0.137. The van der Waals surface area contributed by atoms with Crippen LogP contribution in [-0.4, -0.2) is 42.7 Å². The number of hydrogen-bond acceptors (Lipinski definition) is 6. The summed E-state index contributed by atoms with van der Waals surface area (Å²) in [7, 11) is 3.17. The molecule has 0 radical (unpaired) electrons. The molecule has 0 aliphatic rings. The second-order valence-corrected chi connectivity index (χ2v) is 6.94. The number of unbranched alkanes of at least 4 members (excludes halogenated alkanes) is 3. The van der Waals surface area contributed by atoms with E-state index in [9.17, 15) is 9.59 Å². The molecular formula is C19H24N2O5S. The van der Waals surface area contributed by atoms with Crippen molar-refractivity contribution in [2.24, 2.45) is 0 Å². The number of amides is 1. The Hall–Kier alpha value is -2.61. The van der Waals surface area contributed by atoms with Gasteiger partial charge in [-0.3, -0.25) is 9.59 Å². The van der Waals surface area contributed by atoms with Crippen molar-refractivity contribution < 1.29 is 24.2 Å². The predicted octanol–water partition coefficient (Wildman–Crippen LogP) is 3.59. The van der Waals surface area contributed by atoms with Crippen molar-refractivity contribution in [3.63, 3.8) is 0 Å². The van der Waals surface area contributed by atoms with E-state index in [2.05, 4.69) is 10.3 Å². The molecule has 8 heteroatoms. The maximum atomic E-state index is 12.3. The Kier molecular flexibility index (Phi) is 8.06. The summed E-state index contributed by atoms with van der Waals surface area (Å²) in [4.78, 5) is 27.6. The molecule has 1 aromatic heterocycles. The van der Waals surface area contributed by atoms with Gasteiger partial charge in [0.2, 0.25) is 0 Å². The van der Waals surface area contributed by atoms with Gasteiger partial charge in [-0.25, -0.2) is 4.98 Å². The fourth-order valence-corrected chi connectivity index (χ4v) is 3.39. The SMILES string of the molecule is COc1ccc(-c2ncc(C(=O)NCCCCCCC(=O)O)s2)c(OC)c1. The van der Waals surface area contributed by atoms with Crippen LogP contribution in [-0.2, 0) is 4.79 Å². The Morgan fingerprint density at radius 3 is 2.63 bits per heavy atom. The Morgan fingerprint density at radius 1 is 1.15 bits per heavy atom. The average molecular weight is 392 g/mol. The van der Waals surface area contributed by atoms with Crippen LogP contribution >= 0.6 is 11.3 Å². The smallest absolute Gasteiger partial charge is 0.303 e. The summed E-state index contributed by atoms with van der Waals surface area (Å²) in [5, 5.41) is 12.2. The van der Waals surface area contributed by atoms with Gasteiger partial charge in [-0.2, -0.15) is 0 Å². The minimum Gasteiger partial charge on any atom is -0.497 e. The fourth-order valence-electron chi connectivity index (χ4n) is 2.52. The number of ether oxygens (including phenoxy) is 2. The number of carboxylic acid groups (broad SMARTS) is 1. The molecule has 0 fully saturated rings. The summed E-state index contributed by atoms with van der Waals surface area (Å²) in [5.41, 5.74) is 0.806.